The van der Waals surface area contributed by atoms with Crippen LogP contribution in [0.4, 0.5) is 17.1 Å². The maximum Gasteiger partial charge on any atom is 0.340 e. The number of hydrogen-bond donors (Lipinski definition) is 0. The Morgan fingerprint density at radius 3 is 1.73 bits per heavy atom. The largest absolute Gasteiger partial charge is 0.462 e. The normalized spacial score (nSPS) is 14.3. The van der Waals surface area contributed by atoms with E-state index in [0.29, 0.717) is 0 Å². The molecule has 11 nitrogen and oxygen atoms in total. The number of para-hydroxylation sites is 2. The van der Waals surface area contributed by atoms with Crippen molar-refractivity contribution in [1.82, 2.24) is 4.90 Å². The molecule has 0 atom stereocenters. The van der Waals surface area contributed by atoms with Crippen LogP contribution in [0, 0.1) is 0 Å². The Morgan fingerprint density at radius 2 is 1.27 bits per heavy atom. The maximum atomic E-state index is 13.5. The molecular formula is C34H35N3O8. The van der Waals surface area contributed by atoms with E-state index in [2.05, 4.69) is 4.99 Å². The zero-order chi connectivity index (χ0) is 32.3. The SMILES string of the molecule is CCOC(=O)c1cc(C(=O)OCC)c(/N=C2/O/C(=C/CN(c3ccccc3)c3ccccc3)C(=O)N2CC)c(C(=O)OCC)c1. The van der Waals surface area contributed by atoms with Gasteiger partial charge in [0.1, 0.15) is 0 Å². The van der Waals surface area contributed by atoms with Crippen molar-refractivity contribution in [3.05, 3.63) is 101 Å². The van der Waals surface area contributed by atoms with Crippen LogP contribution in [0.15, 0.2) is 89.6 Å². The maximum absolute atomic E-state index is 13.5. The van der Waals surface area contributed by atoms with Crippen molar-refractivity contribution in [1.29, 1.82) is 0 Å². The first-order valence-electron chi connectivity index (χ1n) is 14.7. The predicted octanol–water partition coefficient (Wildman–Crippen LogP) is 5.81. The molecule has 1 heterocycles. The number of esters is 3. The van der Waals surface area contributed by atoms with E-state index in [-0.39, 0.29) is 67.1 Å². The molecule has 1 aliphatic rings. The van der Waals surface area contributed by atoms with Gasteiger partial charge in [0.25, 0.3) is 5.91 Å². The second kappa shape index (κ2) is 15.3. The van der Waals surface area contributed by atoms with Gasteiger partial charge in [-0.15, -0.1) is 0 Å². The summed E-state index contributed by atoms with van der Waals surface area (Å²) in [6, 6.07) is 21.7. The van der Waals surface area contributed by atoms with E-state index in [9.17, 15) is 19.2 Å². The van der Waals surface area contributed by atoms with Gasteiger partial charge < -0.3 is 23.8 Å². The van der Waals surface area contributed by atoms with Crippen LogP contribution < -0.4 is 4.90 Å². The van der Waals surface area contributed by atoms with Crippen LogP contribution in [0.1, 0.15) is 58.8 Å². The van der Waals surface area contributed by atoms with Crippen molar-refractivity contribution in [3.63, 3.8) is 0 Å². The molecule has 45 heavy (non-hydrogen) atoms. The molecule has 0 aromatic heterocycles. The lowest BCUT2D eigenvalue weighted by Gasteiger charge is -2.23. The van der Waals surface area contributed by atoms with E-state index in [0.717, 1.165) is 11.4 Å². The fourth-order valence-electron chi connectivity index (χ4n) is 4.57. The zero-order valence-corrected chi connectivity index (χ0v) is 25.6. The summed E-state index contributed by atoms with van der Waals surface area (Å²) in [6.07, 6.45) is 1.65. The second-order valence-corrected chi connectivity index (χ2v) is 9.48. The number of ether oxygens (including phenoxy) is 4. The van der Waals surface area contributed by atoms with E-state index in [4.69, 9.17) is 18.9 Å². The fourth-order valence-corrected chi connectivity index (χ4v) is 4.57. The van der Waals surface area contributed by atoms with Crippen molar-refractivity contribution < 1.29 is 38.1 Å². The van der Waals surface area contributed by atoms with Gasteiger partial charge in [-0.1, -0.05) is 36.4 Å². The predicted molar refractivity (Wildman–Crippen MR) is 168 cm³/mol. The molecule has 4 rings (SSSR count). The number of benzene rings is 3. The Labute approximate surface area is 261 Å². The summed E-state index contributed by atoms with van der Waals surface area (Å²) >= 11 is 0. The lowest BCUT2D eigenvalue weighted by atomic mass is 10.0. The Kier molecular flexibility index (Phi) is 11.1. The van der Waals surface area contributed by atoms with Gasteiger partial charge in [-0.05, 0) is 70.2 Å². The minimum absolute atomic E-state index is 0.0194. The number of aliphatic imine (C=N–C) groups is 1. The molecule has 1 saturated heterocycles. The molecule has 1 fully saturated rings. The van der Waals surface area contributed by atoms with Crippen LogP contribution in [0.2, 0.25) is 0 Å². The summed E-state index contributed by atoms with van der Waals surface area (Å²) in [5, 5.41) is 0. The molecule has 0 radical (unpaired) electrons. The molecule has 1 aliphatic heterocycles. The molecule has 234 valence electrons. The number of carbonyl (C=O) groups is 4. The third-order valence-electron chi connectivity index (χ3n) is 6.62. The summed E-state index contributed by atoms with van der Waals surface area (Å²) in [5.41, 5.74) is 1.20. The standard InChI is InChI=1S/C34H35N3O8/c1-5-36-30(38)28(19-20-37(24-15-11-9-12-16-24)25-17-13-10-14-18-25)45-34(36)35-29-26(32(40)43-7-3)21-23(31(39)42-6-2)22-27(29)33(41)44-8-4/h9-19,21-22H,5-8,20H2,1-4H3/b28-19+,35-34+. The molecule has 3 aromatic rings. The molecule has 0 aliphatic carbocycles. The first kappa shape index (κ1) is 32.5. The van der Waals surface area contributed by atoms with E-state index < -0.39 is 23.8 Å². The van der Waals surface area contributed by atoms with Crippen molar-refractivity contribution in [2.24, 2.45) is 4.99 Å². The third-order valence-corrected chi connectivity index (χ3v) is 6.62. The van der Waals surface area contributed by atoms with Crippen LogP contribution >= 0.6 is 0 Å². The zero-order valence-electron chi connectivity index (χ0n) is 25.6. The topological polar surface area (TPSA) is 124 Å². The highest BCUT2D eigenvalue weighted by molar-refractivity contribution is 6.12. The van der Waals surface area contributed by atoms with Gasteiger partial charge in [0, 0.05) is 24.5 Å². The van der Waals surface area contributed by atoms with Crippen molar-refractivity contribution >= 4 is 46.9 Å². The Bertz CT molecular complexity index is 1520. The highest BCUT2D eigenvalue weighted by Crippen LogP contribution is 2.32. The van der Waals surface area contributed by atoms with E-state index >= 15 is 0 Å². The van der Waals surface area contributed by atoms with Gasteiger partial charge in [-0.25, -0.2) is 14.4 Å². The number of anilines is 2. The Morgan fingerprint density at radius 1 is 0.778 bits per heavy atom. The van der Waals surface area contributed by atoms with Gasteiger partial charge in [0.05, 0.1) is 42.2 Å². The van der Waals surface area contributed by atoms with Crippen LogP contribution in [-0.4, -0.2) is 67.6 Å². The monoisotopic (exact) mass is 613 g/mol. The number of nitrogens with zero attached hydrogens (tertiary/aromatic N) is 3. The number of amidine groups is 1. The van der Waals surface area contributed by atoms with Gasteiger partial charge >= 0.3 is 23.9 Å². The molecule has 1 amide bonds. The van der Waals surface area contributed by atoms with E-state index in [1.54, 1.807) is 33.8 Å². The molecule has 11 heteroatoms. The average Bonchev–Trinajstić information content (AvgIpc) is 3.35. The summed E-state index contributed by atoms with van der Waals surface area (Å²) in [5.74, 6) is -2.85. The van der Waals surface area contributed by atoms with Gasteiger partial charge in [-0.3, -0.25) is 9.69 Å². The third kappa shape index (κ3) is 7.56. The lowest BCUT2D eigenvalue weighted by Crippen LogP contribution is -2.29. The molecule has 0 spiro atoms. The summed E-state index contributed by atoms with van der Waals surface area (Å²) < 4.78 is 21.5. The van der Waals surface area contributed by atoms with E-state index in [1.807, 2.05) is 65.6 Å². The Balaban J connectivity index is 1.79. The first-order valence-corrected chi connectivity index (χ1v) is 14.7. The smallest absolute Gasteiger partial charge is 0.340 e. The highest BCUT2D eigenvalue weighted by Gasteiger charge is 2.35. The van der Waals surface area contributed by atoms with Crippen LogP contribution in [-0.2, 0) is 23.7 Å². The van der Waals surface area contributed by atoms with Crippen molar-refractivity contribution in [2.45, 2.75) is 27.7 Å². The van der Waals surface area contributed by atoms with Crippen LogP contribution in [0.3, 0.4) is 0 Å². The number of likely N-dealkylation sites (N-methyl/N-ethyl adjacent to an activating group) is 1. The minimum atomic E-state index is -0.835. The molecule has 0 unspecified atom stereocenters. The summed E-state index contributed by atoms with van der Waals surface area (Å²) in [7, 11) is 0. The molecule has 0 saturated carbocycles. The van der Waals surface area contributed by atoms with Crippen LogP contribution in [0.25, 0.3) is 0 Å². The van der Waals surface area contributed by atoms with Crippen molar-refractivity contribution in [3.8, 4) is 0 Å². The van der Waals surface area contributed by atoms with Gasteiger partial charge in [0.15, 0.2) is 5.76 Å². The van der Waals surface area contributed by atoms with Crippen LogP contribution in [0.5, 0.6) is 0 Å². The summed E-state index contributed by atoms with van der Waals surface area (Å²) in [6.45, 7) is 7.20. The molecular weight excluding hydrogens is 578 g/mol. The lowest BCUT2D eigenvalue weighted by molar-refractivity contribution is -0.122. The number of hydrogen-bond acceptors (Lipinski definition) is 10. The number of rotatable bonds is 12. The van der Waals surface area contributed by atoms with E-state index in [1.165, 1.54) is 17.0 Å². The quantitative estimate of drug-likeness (QED) is 0.141. The van der Waals surface area contributed by atoms with Gasteiger partial charge in [0.2, 0.25) is 0 Å². The second-order valence-electron chi connectivity index (χ2n) is 9.48. The van der Waals surface area contributed by atoms with Crippen molar-refractivity contribution in [2.75, 3.05) is 37.8 Å². The van der Waals surface area contributed by atoms with Gasteiger partial charge in [-0.2, -0.15) is 4.99 Å². The molecule has 3 aromatic carbocycles. The summed E-state index contributed by atoms with van der Waals surface area (Å²) in [4.78, 5) is 60.1. The minimum Gasteiger partial charge on any atom is -0.462 e. The average molecular weight is 614 g/mol. The first-order chi connectivity index (χ1) is 21.8. The molecule has 0 N–H and O–H groups in total. The Hall–Kier alpha value is -5.45. The fraction of sp³-hybridized carbons (Fsp3) is 0.265. The molecule has 0 bridgehead atoms. The highest BCUT2D eigenvalue weighted by atomic mass is 16.5. The number of carbonyl (C=O) groups excluding carboxylic acids is 4. The number of amides is 1.